The van der Waals surface area contributed by atoms with Gasteiger partial charge in [0.1, 0.15) is 18.4 Å². The highest BCUT2D eigenvalue weighted by molar-refractivity contribution is 5.92. The Bertz CT molecular complexity index is 863. The van der Waals surface area contributed by atoms with Crippen LogP contribution in [0.4, 0.5) is 15.3 Å². The molecule has 2 unspecified atom stereocenters. The van der Waals surface area contributed by atoms with Crippen molar-refractivity contribution in [1.29, 1.82) is 0 Å². The summed E-state index contributed by atoms with van der Waals surface area (Å²) in [4.78, 5) is 26.7. The van der Waals surface area contributed by atoms with Crippen molar-refractivity contribution in [3.63, 3.8) is 0 Å². The summed E-state index contributed by atoms with van der Waals surface area (Å²) in [7, 11) is 0. The number of rotatable bonds is 4. The van der Waals surface area contributed by atoms with E-state index in [4.69, 9.17) is 9.47 Å². The molecular weight excluding hydrogens is 372 g/mol. The van der Waals surface area contributed by atoms with E-state index in [1.165, 1.54) is 4.90 Å². The highest BCUT2D eigenvalue weighted by Gasteiger charge is 2.44. The summed E-state index contributed by atoms with van der Waals surface area (Å²) in [5.41, 5.74) is 1.49. The number of nitrogens with one attached hydrogen (secondary N) is 1. The Morgan fingerprint density at radius 3 is 2.38 bits per heavy atom. The number of carbonyl (C=O) groups is 2. The van der Waals surface area contributed by atoms with Gasteiger partial charge in [0.05, 0.1) is 12.3 Å². The molecule has 2 atom stereocenters. The standard InChI is InChI=1S/C22H26N2O5/c1-22(2,3)29-21(27)24-18-12-8-7-11-16(18)17(13-25)19(24)23-20(26)28-14-15-9-5-4-6-10-15/h4-12,17,19,25H,13-14H2,1-3H3,(H,23,26). The van der Waals surface area contributed by atoms with Gasteiger partial charge in [0.15, 0.2) is 0 Å². The fraction of sp³-hybridized carbons (Fsp3) is 0.364. The Balaban J connectivity index is 1.80. The molecule has 1 aliphatic heterocycles. The van der Waals surface area contributed by atoms with Crippen LogP contribution in [0.15, 0.2) is 54.6 Å². The number of alkyl carbamates (subject to hydrolysis) is 1. The van der Waals surface area contributed by atoms with E-state index in [0.29, 0.717) is 5.69 Å². The average Bonchev–Trinajstić information content (AvgIpc) is 2.98. The van der Waals surface area contributed by atoms with E-state index in [0.717, 1.165) is 11.1 Å². The number of anilines is 1. The SMILES string of the molecule is CC(C)(C)OC(=O)N1c2ccccc2C(CO)C1NC(=O)OCc1ccccc1. The minimum atomic E-state index is -0.824. The van der Waals surface area contributed by atoms with Gasteiger partial charge in [-0.2, -0.15) is 0 Å². The predicted molar refractivity (Wildman–Crippen MR) is 109 cm³/mol. The molecular formula is C22H26N2O5. The summed E-state index contributed by atoms with van der Waals surface area (Å²) < 4.78 is 10.8. The zero-order chi connectivity index (χ0) is 21.0. The summed E-state index contributed by atoms with van der Waals surface area (Å²) in [6.45, 7) is 5.16. The molecule has 3 rings (SSSR count). The van der Waals surface area contributed by atoms with Gasteiger partial charge in [0.25, 0.3) is 0 Å². The zero-order valence-electron chi connectivity index (χ0n) is 16.8. The first-order valence-electron chi connectivity index (χ1n) is 9.49. The first-order chi connectivity index (χ1) is 13.8. The molecule has 0 aliphatic carbocycles. The fourth-order valence-electron chi connectivity index (χ4n) is 3.29. The Morgan fingerprint density at radius 1 is 1.07 bits per heavy atom. The molecule has 0 saturated carbocycles. The maximum Gasteiger partial charge on any atom is 0.416 e. The van der Waals surface area contributed by atoms with E-state index in [1.54, 1.807) is 32.9 Å². The number of para-hydroxylation sites is 1. The van der Waals surface area contributed by atoms with Crippen LogP contribution in [-0.2, 0) is 16.1 Å². The highest BCUT2D eigenvalue weighted by Crippen LogP contribution is 2.40. The molecule has 2 aromatic carbocycles. The lowest BCUT2D eigenvalue weighted by molar-refractivity contribution is 0.0553. The maximum atomic E-state index is 12.9. The first kappa shape index (κ1) is 20.7. The predicted octanol–water partition coefficient (Wildman–Crippen LogP) is 3.77. The molecule has 1 aliphatic rings. The summed E-state index contributed by atoms with van der Waals surface area (Å²) in [5, 5.41) is 12.7. The summed E-state index contributed by atoms with van der Waals surface area (Å²) in [6, 6.07) is 16.5. The van der Waals surface area contributed by atoms with Gasteiger partial charge in [-0.05, 0) is 38.0 Å². The molecule has 0 radical (unpaired) electrons. The van der Waals surface area contributed by atoms with Crippen LogP contribution in [0.2, 0.25) is 0 Å². The largest absolute Gasteiger partial charge is 0.445 e. The van der Waals surface area contributed by atoms with Gasteiger partial charge in [0.2, 0.25) is 0 Å². The fourth-order valence-corrected chi connectivity index (χ4v) is 3.29. The monoisotopic (exact) mass is 398 g/mol. The molecule has 0 aromatic heterocycles. The minimum Gasteiger partial charge on any atom is -0.445 e. The zero-order valence-corrected chi connectivity index (χ0v) is 16.8. The van der Waals surface area contributed by atoms with Crippen molar-refractivity contribution < 1.29 is 24.2 Å². The number of aliphatic hydroxyl groups is 1. The second kappa shape index (κ2) is 8.53. The molecule has 0 saturated heterocycles. The number of benzene rings is 2. The van der Waals surface area contributed by atoms with E-state index in [9.17, 15) is 14.7 Å². The summed E-state index contributed by atoms with van der Waals surface area (Å²) in [6.07, 6.45) is -2.11. The van der Waals surface area contributed by atoms with Gasteiger partial charge < -0.3 is 14.6 Å². The minimum absolute atomic E-state index is 0.0998. The Kier molecular flexibility index (Phi) is 6.08. The van der Waals surface area contributed by atoms with E-state index in [1.807, 2.05) is 42.5 Å². The molecule has 0 fully saturated rings. The third-order valence-corrected chi connectivity index (χ3v) is 4.52. The molecule has 29 heavy (non-hydrogen) atoms. The van der Waals surface area contributed by atoms with Crippen molar-refractivity contribution in [2.75, 3.05) is 11.5 Å². The number of ether oxygens (including phenoxy) is 2. The van der Waals surface area contributed by atoms with Crippen molar-refractivity contribution in [3.05, 3.63) is 65.7 Å². The maximum absolute atomic E-state index is 12.9. The van der Waals surface area contributed by atoms with Crippen LogP contribution in [0, 0.1) is 0 Å². The van der Waals surface area contributed by atoms with Crippen LogP contribution in [0.3, 0.4) is 0 Å². The summed E-state index contributed by atoms with van der Waals surface area (Å²) in [5.74, 6) is -0.497. The second-order valence-corrected chi connectivity index (χ2v) is 7.85. The number of hydrogen-bond donors (Lipinski definition) is 2. The average molecular weight is 398 g/mol. The lowest BCUT2D eigenvalue weighted by Gasteiger charge is -2.30. The third kappa shape index (κ3) is 4.86. The van der Waals surface area contributed by atoms with E-state index < -0.39 is 29.9 Å². The topological polar surface area (TPSA) is 88.1 Å². The molecule has 2 aromatic rings. The van der Waals surface area contributed by atoms with Crippen LogP contribution >= 0.6 is 0 Å². The first-order valence-corrected chi connectivity index (χ1v) is 9.49. The lowest BCUT2D eigenvalue weighted by atomic mass is 10.0. The Hall–Kier alpha value is -3.06. The molecule has 1 heterocycles. The second-order valence-electron chi connectivity index (χ2n) is 7.85. The third-order valence-electron chi connectivity index (χ3n) is 4.52. The molecule has 2 amide bonds. The quantitative estimate of drug-likeness (QED) is 0.819. The number of carbonyl (C=O) groups excluding carboxylic acids is 2. The number of amides is 2. The van der Waals surface area contributed by atoms with Crippen LogP contribution < -0.4 is 10.2 Å². The molecule has 7 nitrogen and oxygen atoms in total. The van der Waals surface area contributed by atoms with Crippen molar-refractivity contribution in [1.82, 2.24) is 5.32 Å². The molecule has 2 N–H and O–H groups in total. The van der Waals surface area contributed by atoms with Crippen molar-refractivity contribution in [3.8, 4) is 0 Å². The van der Waals surface area contributed by atoms with Crippen LogP contribution in [0.5, 0.6) is 0 Å². The van der Waals surface area contributed by atoms with Gasteiger partial charge in [-0.25, -0.2) is 9.59 Å². The number of hydrogen-bond acceptors (Lipinski definition) is 5. The molecule has 7 heteroatoms. The van der Waals surface area contributed by atoms with Gasteiger partial charge in [0, 0.05) is 5.92 Å². The van der Waals surface area contributed by atoms with Gasteiger partial charge >= 0.3 is 12.2 Å². The number of nitrogens with zero attached hydrogens (tertiary/aromatic N) is 1. The smallest absolute Gasteiger partial charge is 0.416 e. The van der Waals surface area contributed by atoms with E-state index in [-0.39, 0.29) is 13.2 Å². The van der Waals surface area contributed by atoms with Crippen molar-refractivity contribution >= 4 is 17.9 Å². The number of fused-ring (bicyclic) bond motifs is 1. The molecule has 0 spiro atoms. The van der Waals surface area contributed by atoms with Gasteiger partial charge in [-0.1, -0.05) is 48.5 Å². The van der Waals surface area contributed by atoms with Gasteiger partial charge in [-0.3, -0.25) is 10.2 Å². The van der Waals surface area contributed by atoms with Crippen LogP contribution in [0.25, 0.3) is 0 Å². The van der Waals surface area contributed by atoms with Crippen molar-refractivity contribution in [2.24, 2.45) is 0 Å². The Labute approximate surface area is 170 Å². The lowest BCUT2D eigenvalue weighted by Crippen LogP contribution is -2.52. The van der Waals surface area contributed by atoms with Gasteiger partial charge in [-0.15, -0.1) is 0 Å². The summed E-state index contributed by atoms with van der Waals surface area (Å²) >= 11 is 0. The van der Waals surface area contributed by atoms with E-state index in [2.05, 4.69) is 5.32 Å². The van der Waals surface area contributed by atoms with Crippen molar-refractivity contribution in [2.45, 2.75) is 45.1 Å². The van der Waals surface area contributed by atoms with Crippen LogP contribution in [-0.4, -0.2) is 35.7 Å². The normalized spacial score (nSPS) is 18.1. The number of aliphatic hydroxyl groups excluding tert-OH is 1. The van der Waals surface area contributed by atoms with E-state index >= 15 is 0 Å². The van der Waals surface area contributed by atoms with Crippen LogP contribution in [0.1, 0.15) is 37.8 Å². The molecule has 0 bridgehead atoms. The highest BCUT2D eigenvalue weighted by atomic mass is 16.6. The Morgan fingerprint density at radius 2 is 1.72 bits per heavy atom. The molecule has 154 valence electrons.